The van der Waals surface area contributed by atoms with Crippen LogP contribution in [0.1, 0.15) is 12.8 Å². The monoisotopic (exact) mass is 305 g/mol. The highest BCUT2D eigenvalue weighted by atomic mass is 35.5. The van der Waals surface area contributed by atoms with Crippen molar-refractivity contribution in [3.8, 4) is 0 Å². The number of benzene rings is 1. The molecule has 0 radical (unpaired) electrons. The van der Waals surface area contributed by atoms with Gasteiger partial charge in [-0.05, 0) is 25.0 Å². The molecule has 1 heterocycles. The zero-order valence-corrected chi connectivity index (χ0v) is 11.4. The molecule has 9 heteroatoms. The third-order valence-electron chi connectivity index (χ3n) is 2.95. The summed E-state index contributed by atoms with van der Waals surface area (Å²) in [5, 5.41) is 11.1. The molecule has 0 spiro atoms. The third-order valence-corrected chi connectivity index (χ3v) is 5.16. The predicted molar refractivity (Wildman–Crippen MR) is 69.2 cm³/mol. The number of nitro benzene ring substituents is 1. The normalized spacial score (nSPS) is 20.6. The van der Waals surface area contributed by atoms with Crippen LogP contribution in [0.25, 0.3) is 0 Å². The Kier molecular flexibility index (Phi) is 3.77. The smallest absolute Gasteiger partial charge is 0.290 e. The number of hydrogen-bond acceptors (Lipinski definition) is 5. The molecule has 1 unspecified atom stereocenters. The van der Waals surface area contributed by atoms with E-state index < -0.39 is 26.8 Å². The summed E-state index contributed by atoms with van der Waals surface area (Å²) < 4.78 is 25.8. The molecule has 7 nitrogen and oxygen atoms in total. The van der Waals surface area contributed by atoms with Crippen molar-refractivity contribution in [2.24, 2.45) is 5.73 Å². The molecule has 0 aromatic heterocycles. The zero-order chi connectivity index (χ0) is 14.2. The van der Waals surface area contributed by atoms with E-state index in [1.807, 2.05) is 0 Å². The van der Waals surface area contributed by atoms with Crippen LogP contribution in [-0.2, 0) is 10.0 Å². The third kappa shape index (κ3) is 2.57. The van der Waals surface area contributed by atoms with Crippen molar-refractivity contribution in [2.45, 2.75) is 23.9 Å². The lowest BCUT2D eigenvalue weighted by molar-refractivity contribution is -0.387. The SMILES string of the molecule is NC1CCCN1S(=O)(=O)c1ccc(Cl)cc1[N+](=O)[O-]. The number of rotatable bonds is 3. The van der Waals surface area contributed by atoms with Gasteiger partial charge >= 0.3 is 0 Å². The van der Waals surface area contributed by atoms with Gasteiger partial charge in [-0.2, -0.15) is 4.31 Å². The molecule has 2 rings (SSSR count). The highest BCUT2D eigenvalue weighted by Crippen LogP contribution is 2.31. The second-order valence-corrected chi connectivity index (χ2v) is 6.49. The average molecular weight is 306 g/mol. The Hall–Kier alpha value is -1.22. The first-order chi connectivity index (χ1) is 8.84. The van der Waals surface area contributed by atoms with Crippen molar-refractivity contribution in [2.75, 3.05) is 6.54 Å². The van der Waals surface area contributed by atoms with E-state index in [4.69, 9.17) is 17.3 Å². The fourth-order valence-corrected chi connectivity index (χ4v) is 3.93. The zero-order valence-electron chi connectivity index (χ0n) is 9.82. The molecular formula is C10H12ClN3O4S. The Labute approximate surface area is 115 Å². The van der Waals surface area contributed by atoms with E-state index in [0.29, 0.717) is 12.8 Å². The minimum absolute atomic E-state index is 0.108. The Morgan fingerprint density at radius 2 is 2.16 bits per heavy atom. The van der Waals surface area contributed by atoms with Crippen molar-refractivity contribution in [1.82, 2.24) is 4.31 Å². The number of nitrogens with zero attached hydrogens (tertiary/aromatic N) is 2. The number of hydrogen-bond donors (Lipinski definition) is 1. The van der Waals surface area contributed by atoms with Gasteiger partial charge in [0.05, 0.1) is 11.1 Å². The Balaban J connectivity index is 2.55. The summed E-state index contributed by atoms with van der Waals surface area (Å²) >= 11 is 5.66. The molecule has 1 aliphatic rings. The van der Waals surface area contributed by atoms with Gasteiger partial charge < -0.3 is 5.73 Å². The summed E-state index contributed by atoms with van der Waals surface area (Å²) in [6, 6.07) is 3.47. The molecule has 104 valence electrons. The van der Waals surface area contributed by atoms with Gasteiger partial charge in [0.25, 0.3) is 15.7 Å². The Morgan fingerprint density at radius 1 is 1.47 bits per heavy atom. The van der Waals surface area contributed by atoms with E-state index in [-0.39, 0.29) is 16.5 Å². The van der Waals surface area contributed by atoms with Crippen LogP contribution >= 0.6 is 11.6 Å². The van der Waals surface area contributed by atoms with E-state index in [1.165, 1.54) is 6.07 Å². The lowest BCUT2D eigenvalue weighted by Crippen LogP contribution is -2.41. The largest absolute Gasteiger partial charge is 0.315 e. The summed E-state index contributed by atoms with van der Waals surface area (Å²) in [6.45, 7) is 0.267. The lowest BCUT2D eigenvalue weighted by Gasteiger charge is -2.20. The van der Waals surface area contributed by atoms with Crippen LogP contribution in [0.4, 0.5) is 5.69 Å². The highest BCUT2D eigenvalue weighted by Gasteiger charge is 2.37. The van der Waals surface area contributed by atoms with E-state index in [2.05, 4.69) is 0 Å². The van der Waals surface area contributed by atoms with Crippen LogP contribution in [0.3, 0.4) is 0 Å². The van der Waals surface area contributed by atoms with Crippen LogP contribution in [-0.4, -0.2) is 30.4 Å². The quantitative estimate of drug-likeness (QED) is 0.669. The lowest BCUT2D eigenvalue weighted by atomic mass is 10.3. The van der Waals surface area contributed by atoms with Crippen molar-refractivity contribution in [1.29, 1.82) is 0 Å². The maximum atomic E-state index is 12.4. The molecule has 1 atom stereocenters. The molecule has 19 heavy (non-hydrogen) atoms. The van der Waals surface area contributed by atoms with Crippen LogP contribution in [0.2, 0.25) is 5.02 Å². The number of halogens is 1. The fourth-order valence-electron chi connectivity index (χ4n) is 2.04. The maximum absolute atomic E-state index is 12.4. The van der Waals surface area contributed by atoms with Crippen molar-refractivity contribution in [3.05, 3.63) is 33.3 Å². The van der Waals surface area contributed by atoms with Crippen LogP contribution in [0, 0.1) is 10.1 Å². The second kappa shape index (κ2) is 5.04. The number of nitrogens with two attached hydrogens (primary N) is 1. The minimum Gasteiger partial charge on any atom is -0.315 e. The summed E-state index contributed by atoms with van der Waals surface area (Å²) in [4.78, 5) is 9.81. The molecule has 0 amide bonds. The topological polar surface area (TPSA) is 107 Å². The van der Waals surface area contributed by atoms with E-state index >= 15 is 0 Å². The van der Waals surface area contributed by atoms with E-state index in [1.54, 1.807) is 0 Å². The van der Waals surface area contributed by atoms with Gasteiger partial charge in [-0.1, -0.05) is 11.6 Å². The minimum atomic E-state index is -3.97. The predicted octanol–water partition coefficient (Wildman–Crippen LogP) is 1.32. The summed E-state index contributed by atoms with van der Waals surface area (Å²) in [5.41, 5.74) is 5.17. The van der Waals surface area contributed by atoms with Gasteiger partial charge in [-0.15, -0.1) is 0 Å². The molecule has 1 aromatic carbocycles. The summed E-state index contributed by atoms with van der Waals surface area (Å²) in [5.74, 6) is 0. The first kappa shape index (κ1) is 14.2. The highest BCUT2D eigenvalue weighted by molar-refractivity contribution is 7.89. The first-order valence-corrected chi connectivity index (χ1v) is 7.37. The molecule has 0 aliphatic carbocycles. The first-order valence-electron chi connectivity index (χ1n) is 5.55. The maximum Gasteiger partial charge on any atom is 0.290 e. The van der Waals surface area contributed by atoms with Crippen molar-refractivity contribution >= 4 is 27.3 Å². The second-order valence-electron chi connectivity index (χ2n) is 4.19. The number of nitro groups is 1. The Morgan fingerprint density at radius 3 is 2.68 bits per heavy atom. The molecule has 1 fully saturated rings. The van der Waals surface area contributed by atoms with Crippen LogP contribution < -0.4 is 5.73 Å². The molecule has 0 saturated carbocycles. The van der Waals surface area contributed by atoms with E-state index in [0.717, 1.165) is 16.4 Å². The summed E-state index contributed by atoms with van der Waals surface area (Å²) in [6.07, 6.45) is 0.544. The standard InChI is InChI=1S/C10H12ClN3O4S/c11-7-3-4-9(8(6-7)14(15)16)19(17,18)13-5-1-2-10(13)12/h3-4,6,10H,1-2,5,12H2. The van der Waals surface area contributed by atoms with Gasteiger partial charge in [0, 0.05) is 17.6 Å². The average Bonchev–Trinajstić information content (AvgIpc) is 2.75. The van der Waals surface area contributed by atoms with Crippen molar-refractivity contribution < 1.29 is 13.3 Å². The van der Waals surface area contributed by atoms with Gasteiger partial charge in [-0.3, -0.25) is 10.1 Å². The van der Waals surface area contributed by atoms with E-state index in [9.17, 15) is 18.5 Å². The molecule has 2 N–H and O–H groups in total. The van der Waals surface area contributed by atoms with Crippen LogP contribution in [0.5, 0.6) is 0 Å². The summed E-state index contributed by atoms with van der Waals surface area (Å²) in [7, 11) is -3.97. The van der Waals surface area contributed by atoms with Gasteiger partial charge in [-0.25, -0.2) is 8.42 Å². The molecular weight excluding hydrogens is 294 g/mol. The van der Waals surface area contributed by atoms with Crippen molar-refractivity contribution in [3.63, 3.8) is 0 Å². The Bertz CT molecular complexity index is 619. The molecule has 1 aliphatic heterocycles. The molecule has 1 aromatic rings. The fraction of sp³-hybridized carbons (Fsp3) is 0.400. The molecule has 1 saturated heterocycles. The van der Waals surface area contributed by atoms with Gasteiger partial charge in [0.1, 0.15) is 0 Å². The van der Waals surface area contributed by atoms with Gasteiger partial charge in [0.15, 0.2) is 4.90 Å². The molecule has 0 bridgehead atoms. The van der Waals surface area contributed by atoms with Gasteiger partial charge in [0.2, 0.25) is 0 Å². The van der Waals surface area contributed by atoms with Crippen LogP contribution in [0.15, 0.2) is 23.1 Å². The number of sulfonamides is 1.